The van der Waals surface area contributed by atoms with Crippen LogP contribution in [0.4, 0.5) is 0 Å². The van der Waals surface area contributed by atoms with E-state index >= 15 is 0 Å². The van der Waals surface area contributed by atoms with Crippen molar-refractivity contribution >= 4 is 5.84 Å². The van der Waals surface area contributed by atoms with E-state index in [0.29, 0.717) is 11.3 Å². The van der Waals surface area contributed by atoms with Crippen molar-refractivity contribution in [2.75, 3.05) is 0 Å². The van der Waals surface area contributed by atoms with Crippen LogP contribution in [0.15, 0.2) is 29.8 Å². The van der Waals surface area contributed by atoms with Gasteiger partial charge in [0.05, 0.1) is 24.2 Å². The van der Waals surface area contributed by atoms with Gasteiger partial charge in [0.25, 0.3) is 0 Å². The number of hydrogen-bond acceptors (Lipinski definition) is 6. The lowest BCUT2D eigenvalue weighted by Gasteiger charge is -2.06. The van der Waals surface area contributed by atoms with Gasteiger partial charge < -0.3 is 15.7 Å². The van der Waals surface area contributed by atoms with Crippen LogP contribution in [0.25, 0.3) is 0 Å². The van der Waals surface area contributed by atoms with Gasteiger partial charge in [-0.1, -0.05) is 5.16 Å². The minimum Gasteiger partial charge on any atom is -0.434 e. The highest BCUT2D eigenvalue weighted by Gasteiger charge is 2.12. The Morgan fingerprint density at radius 2 is 2.32 bits per heavy atom. The molecule has 0 aromatic carbocycles. The first kappa shape index (κ1) is 12.8. The average Bonchev–Trinajstić information content (AvgIpc) is 2.87. The Morgan fingerprint density at radius 3 is 2.95 bits per heavy atom. The lowest BCUT2D eigenvalue weighted by atomic mass is 10.3. The maximum atomic E-state index is 8.70. The fourth-order valence-corrected chi connectivity index (χ4v) is 1.41. The van der Waals surface area contributed by atoms with E-state index in [1.165, 1.54) is 6.20 Å². The Labute approximate surface area is 109 Å². The highest BCUT2D eigenvalue weighted by atomic mass is 16.5. The number of rotatable bonds is 4. The third kappa shape index (κ3) is 2.79. The summed E-state index contributed by atoms with van der Waals surface area (Å²) in [5.74, 6) is 0.559. The van der Waals surface area contributed by atoms with Crippen LogP contribution in [-0.2, 0) is 0 Å². The zero-order valence-electron chi connectivity index (χ0n) is 10.6. The second kappa shape index (κ2) is 5.34. The smallest absolute Gasteiger partial charge is 0.250 e. The molecule has 0 aliphatic heterocycles. The third-order valence-corrected chi connectivity index (χ3v) is 2.39. The van der Waals surface area contributed by atoms with Crippen LogP contribution in [0, 0.1) is 0 Å². The molecule has 2 aromatic rings. The average molecular weight is 262 g/mol. The Bertz CT molecular complexity index is 592. The van der Waals surface area contributed by atoms with Gasteiger partial charge in [-0.3, -0.25) is 4.68 Å². The molecule has 19 heavy (non-hydrogen) atoms. The number of amidine groups is 1. The van der Waals surface area contributed by atoms with E-state index in [4.69, 9.17) is 15.7 Å². The van der Waals surface area contributed by atoms with Gasteiger partial charge in [-0.2, -0.15) is 10.2 Å². The second-order valence-electron chi connectivity index (χ2n) is 4.09. The number of hydrogen-bond donors (Lipinski definition) is 2. The summed E-state index contributed by atoms with van der Waals surface area (Å²) in [5.41, 5.74) is 5.89. The van der Waals surface area contributed by atoms with Crippen LogP contribution >= 0.6 is 0 Å². The van der Waals surface area contributed by atoms with Crippen LogP contribution in [0.2, 0.25) is 0 Å². The van der Waals surface area contributed by atoms with Crippen molar-refractivity contribution in [3.8, 4) is 11.6 Å². The first-order valence-electron chi connectivity index (χ1n) is 5.63. The first-order valence-corrected chi connectivity index (χ1v) is 5.63. The number of aromatic nitrogens is 4. The molecule has 0 aliphatic rings. The zero-order valence-corrected chi connectivity index (χ0v) is 10.6. The van der Waals surface area contributed by atoms with Gasteiger partial charge in [0, 0.05) is 6.04 Å². The minimum atomic E-state index is -0.0962. The highest BCUT2D eigenvalue weighted by molar-refractivity contribution is 5.98. The lowest BCUT2D eigenvalue weighted by molar-refractivity contribution is 0.318. The van der Waals surface area contributed by atoms with Gasteiger partial charge in [-0.15, -0.1) is 5.10 Å². The number of nitrogens with two attached hydrogens (primary N) is 1. The maximum absolute atomic E-state index is 8.70. The van der Waals surface area contributed by atoms with Gasteiger partial charge in [0.15, 0.2) is 11.6 Å². The van der Waals surface area contributed by atoms with Gasteiger partial charge in [-0.25, -0.2) is 0 Å². The molecule has 0 unspecified atom stereocenters. The monoisotopic (exact) mass is 262 g/mol. The Kier molecular flexibility index (Phi) is 3.60. The summed E-state index contributed by atoms with van der Waals surface area (Å²) in [4.78, 5) is 0. The summed E-state index contributed by atoms with van der Waals surface area (Å²) >= 11 is 0. The molecule has 0 fully saturated rings. The van der Waals surface area contributed by atoms with Crippen LogP contribution in [-0.4, -0.2) is 31.0 Å². The predicted octanol–water partition coefficient (Wildman–Crippen LogP) is 1.14. The topological polar surface area (TPSA) is 111 Å². The normalized spacial score (nSPS) is 11.8. The summed E-state index contributed by atoms with van der Waals surface area (Å²) in [6.45, 7) is 4.00. The quantitative estimate of drug-likeness (QED) is 0.370. The van der Waals surface area contributed by atoms with Crippen LogP contribution < -0.4 is 10.5 Å². The van der Waals surface area contributed by atoms with E-state index in [1.807, 2.05) is 13.8 Å². The molecule has 0 radical (unpaired) electrons. The second-order valence-corrected chi connectivity index (χ2v) is 4.09. The molecule has 0 bridgehead atoms. The van der Waals surface area contributed by atoms with Crippen molar-refractivity contribution in [3.05, 3.63) is 30.2 Å². The fraction of sp³-hybridized carbons (Fsp3) is 0.273. The molecular weight excluding hydrogens is 248 g/mol. The van der Waals surface area contributed by atoms with E-state index in [-0.39, 0.29) is 17.8 Å². The molecular formula is C11H14N6O2. The van der Waals surface area contributed by atoms with E-state index < -0.39 is 0 Å². The number of nitrogens with zero attached hydrogens (tertiary/aromatic N) is 5. The molecule has 8 nitrogen and oxygen atoms in total. The summed E-state index contributed by atoms with van der Waals surface area (Å²) in [7, 11) is 0. The molecule has 2 rings (SSSR count). The van der Waals surface area contributed by atoms with Gasteiger partial charge in [-0.05, 0) is 19.9 Å². The van der Waals surface area contributed by atoms with E-state index in [2.05, 4.69) is 20.5 Å². The molecule has 0 spiro atoms. The van der Waals surface area contributed by atoms with Gasteiger partial charge in [0.1, 0.15) is 0 Å². The van der Waals surface area contributed by atoms with Crippen molar-refractivity contribution in [2.24, 2.45) is 10.9 Å². The lowest BCUT2D eigenvalue weighted by Crippen LogP contribution is -2.15. The number of oxime groups is 1. The van der Waals surface area contributed by atoms with Crippen LogP contribution in [0.3, 0.4) is 0 Å². The summed E-state index contributed by atoms with van der Waals surface area (Å²) in [5, 5.41) is 23.3. The van der Waals surface area contributed by atoms with E-state index in [1.54, 1.807) is 23.1 Å². The van der Waals surface area contributed by atoms with Crippen LogP contribution in [0.1, 0.15) is 25.5 Å². The minimum absolute atomic E-state index is 0.0962. The molecule has 3 N–H and O–H groups in total. The van der Waals surface area contributed by atoms with Crippen molar-refractivity contribution in [2.45, 2.75) is 19.9 Å². The predicted molar refractivity (Wildman–Crippen MR) is 67.2 cm³/mol. The summed E-state index contributed by atoms with van der Waals surface area (Å²) in [6, 6.07) is 1.77. The van der Waals surface area contributed by atoms with Crippen LogP contribution in [0.5, 0.6) is 11.6 Å². The Morgan fingerprint density at radius 1 is 1.53 bits per heavy atom. The molecule has 0 amide bonds. The number of ether oxygens (including phenoxy) is 1. The molecule has 2 aromatic heterocycles. The van der Waals surface area contributed by atoms with Crippen molar-refractivity contribution in [1.82, 2.24) is 20.0 Å². The third-order valence-electron chi connectivity index (χ3n) is 2.39. The van der Waals surface area contributed by atoms with E-state index in [0.717, 1.165) is 0 Å². The molecule has 8 heteroatoms. The molecule has 0 aliphatic carbocycles. The van der Waals surface area contributed by atoms with Gasteiger partial charge in [0.2, 0.25) is 5.88 Å². The van der Waals surface area contributed by atoms with E-state index in [9.17, 15) is 0 Å². The molecule has 0 saturated heterocycles. The highest BCUT2D eigenvalue weighted by Crippen LogP contribution is 2.22. The fourth-order valence-electron chi connectivity index (χ4n) is 1.41. The molecule has 0 atom stereocenters. The molecule has 100 valence electrons. The van der Waals surface area contributed by atoms with Crippen molar-refractivity contribution < 1.29 is 9.94 Å². The Hall–Kier alpha value is -2.64. The largest absolute Gasteiger partial charge is 0.434 e. The standard InChI is InChI=1S/C11H14N6O2/c1-7(2)17-6-8(5-14-17)19-11-9(10(12)16-18)3-4-13-15-11/h3-7,18H,1-2H3,(H2,12,16). The SMILES string of the molecule is CC(C)n1cc(Oc2nnccc2/C(N)=N/O)cn1. The molecule has 0 saturated carbocycles. The Balaban J connectivity index is 2.28. The molecule has 2 heterocycles. The first-order chi connectivity index (χ1) is 9.11. The summed E-state index contributed by atoms with van der Waals surface area (Å²) < 4.78 is 7.28. The van der Waals surface area contributed by atoms with Gasteiger partial charge >= 0.3 is 0 Å². The summed E-state index contributed by atoms with van der Waals surface area (Å²) in [6.07, 6.45) is 4.72. The van der Waals surface area contributed by atoms with Crippen molar-refractivity contribution in [3.63, 3.8) is 0 Å². The maximum Gasteiger partial charge on any atom is 0.250 e. The zero-order chi connectivity index (χ0) is 13.8. The van der Waals surface area contributed by atoms with Crippen molar-refractivity contribution in [1.29, 1.82) is 0 Å².